The molecule has 0 saturated heterocycles. The predicted molar refractivity (Wildman–Crippen MR) is 49.1 cm³/mol. The summed E-state index contributed by atoms with van der Waals surface area (Å²) >= 11 is 0. The van der Waals surface area contributed by atoms with Gasteiger partial charge in [0.05, 0.1) is 0 Å². The van der Waals surface area contributed by atoms with Gasteiger partial charge in [0.25, 0.3) is 5.56 Å². The molecular formula is C10H7NO2. The summed E-state index contributed by atoms with van der Waals surface area (Å²) in [5.74, 6) is 0. The molecule has 64 valence electrons. The first-order valence-corrected chi connectivity index (χ1v) is 3.88. The maximum absolute atomic E-state index is 11.4. The van der Waals surface area contributed by atoms with Crippen LogP contribution in [0.1, 0.15) is 10.4 Å². The zero-order valence-corrected chi connectivity index (χ0v) is 6.81. The number of aldehydes is 1. The highest BCUT2D eigenvalue weighted by atomic mass is 16.1. The van der Waals surface area contributed by atoms with Gasteiger partial charge in [-0.2, -0.15) is 0 Å². The van der Waals surface area contributed by atoms with Crippen LogP contribution in [0.25, 0.3) is 5.52 Å². The third-order valence-electron chi connectivity index (χ3n) is 1.87. The SMILES string of the molecule is O=Cc1cc(=O)n2ccccc2c1. The number of rotatable bonds is 1. The van der Waals surface area contributed by atoms with Crippen molar-refractivity contribution in [3.8, 4) is 0 Å². The Hall–Kier alpha value is -1.90. The van der Waals surface area contributed by atoms with Crippen LogP contribution in [0, 0.1) is 0 Å². The maximum atomic E-state index is 11.4. The normalized spacial score (nSPS) is 10.2. The molecule has 0 saturated carbocycles. The van der Waals surface area contributed by atoms with Gasteiger partial charge in [0.15, 0.2) is 0 Å². The van der Waals surface area contributed by atoms with Crippen molar-refractivity contribution in [3.05, 3.63) is 52.4 Å². The van der Waals surface area contributed by atoms with Crippen molar-refractivity contribution in [3.63, 3.8) is 0 Å². The molecule has 2 aromatic rings. The minimum atomic E-state index is -0.180. The van der Waals surface area contributed by atoms with Crippen LogP contribution in [-0.4, -0.2) is 10.7 Å². The van der Waals surface area contributed by atoms with Crippen molar-refractivity contribution in [2.45, 2.75) is 0 Å². The molecule has 13 heavy (non-hydrogen) atoms. The van der Waals surface area contributed by atoms with Gasteiger partial charge < -0.3 is 0 Å². The molecule has 0 spiro atoms. The number of carbonyl (C=O) groups excluding carboxylic acids is 1. The lowest BCUT2D eigenvalue weighted by Gasteiger charge is -1.98. The summed E-state index contributed by atoms with van der Waals surface area (Å²) in [4.78, 5) is 21.8. The lowest BCUT2D eigenvalue weighted by molar-refractivity contribution is 0.112. The van der Waals surface area contributed by atoms with E-state index in [9.17, 15) is 9.59 Å². The molecule has 2 heterocycles. The zero-order chi connectivity index (χ0) is 9.26. The summed E-state index contributed by atoms with van der Waals surface area (Å²) in [6.07, 6.45) is 2.35. The highest BCUT2D eigenvalue weighted by Gasteiger charge is 1.97. The van der Waals surface area contributed by atoms with Gasteiger partial charge in [-0.3, -0.25) is 14.0 Å². The zero-order valence-electron chi connectivity index (χ0n) is 6.81. The number of carbonyl (C=O) groups is 1. The molecule has 0 fully saturated rings. The summed E-state index contributed by atoms with van der Waals surface area (Å²) in [7, 11) is 0. The van der Waals surface area contributed by atoms with E-state index in [4.69, 9.17) is 0 Å². The van der Waals surface area contributed by atoms with Crippen molar-refractivity contribution in [1.29, 1.82) is 0 Å². The summed E-state index contributed by atoms with van der Waals surface area (Å²) in [6, 6.07) is 8.38. The van der Waals surface area contributed by atoms with Crippen molar-refractivity contribution in [2.24, 2.45) is 0 Å². The van der Waals surface area contributed by atoms with E-state index in [1.54, 1.807) is 24.4 Å². The van der Waals surface area contributed by atoms with Gasteiger partial charge in [-0.25, -0.2) is 0 Å². The van der Waals surface area contributed by atoms with Crippen molar-refractivity contribution >= 4 is 11.8 Å². The van der Waals surface area contributed by atoms with E-state index in [2.05, 4.69) is 0 Å². The number of aromatic nitrogens is 1. The Bertz CT molecular complexity index is 514. The van der Waals surface area contributed by atoms with Gasteiger partial charge in [0.1, 0.15) is 6.29 Å². The van der Waals surface area contributed by atoms with Crippen LogP contribution in [-0.2, 0) is 0 Å². The Morgan fingerprint density at radius 1 is 1.23 bits per heavy atom. The molecule has 0 aliphatic carbocycles. The molecule has 0 bridgehead atoms. The molecule has 0 radical (unpaired) electrons. The molecule has 0 N–H and O–H groups in total. The van der Waals surface area contributed by atoms with Crippen LogP contribution in [0.2, 0.25) is 0 Å². The Kier molecular flexibility index (Phi) is 1.70. The van der Waals surface area contributed by atoms with Crippen molar-refractivity contribution in [1.82, 2.24) is 4.40 Å². The summed E-state index contributed by atoms with van der Waals surface area (Å²) in [5.41, 5.74) is 0.966. The molecule has 3 heteroatoms. The van der Waals surface area contributed by atoms with Crippen LogP contribution in [0.5, 0.6) is 0 Å². The first-order valence-electron chi connectivity index (χ1n) is 3.88. The first-order chi connectivity index (χ1) is 6.31. The minimum absolute atomic E-state index is 0.180. The maximum Gasteiger partial charge on any atom is 0.255 e. The largest absolute Gasteiger partial charge is 0.298 e. The quantitative estimate of drug-likeness (QED) is 0.606. The van der Waals surface area contributed by atoms with Gasteiger partial charge in [-0.05, 0) is 18.2 Å². The highest BCUT2D eigenvalue weighted by Crippen LogP contribution is 2.01. The van der Waals surface area contributed by atoms with Crippen LogP contribution in [0.15, 0.2) is 41.3 Å². The topological polar surface area (TPSA) is 38.5 Å². The molecule has 3 nitrogen and oxygen atoms in total. The molecule has 2 aromatic heterocycles. The van der Waals surface area contributed by atoms with E-state index < -0.39 is 0 Å². The summed E-state index contributed by atoms with van der Waals surface area (Å²) in [6.45, 7) is 0. The number of pyridine rings is 2. The molecule has 0 atom stereocenters. The number of hydrogen-bond acceptors (Lipinski definition) is 2. The fourth-order valence-corrected chi connectivity index (χ4v) is 1.27. The molecule has 0 aromatic carbocycles. The fraction of sp³-hybridized carbons (Fsp3) is 0. The monoisotopic (exact) mass is 173 g/mol. The van der Waals surface area contributed by atoms with E-state index in [1.807, 2.05) is 6.07 Å². The molecular weight excluding hydrogens is 166 g/mol. The Morgan fingerprint density at radius 3 is 2.85 bits per heavy atom. The molecule has 0 aliphatic heterocycles. The highest BCUT2D eigenvalue weighted by molar-refractivity contribution is 5.77. The smallest absolute Gasteiger partial charge is 0.255 e. The van der Waals surface area contributed by atoms with Crippen LogP contribution >= 0.6 is 0 Å². The Balaban J connectivity index is 2.92. The second-order valence-electron chi connectivity index (χ2n) is 2.74. The van der Waals surface area contributed by atoms with E-state index in [1.165, 1.54) is 10.5 Å². The third kappa shape index (κ3) is 1.24. The lowest BCUT2D eigenvalue weighted by atomic mass is 10.2. The van der Waals surface area contributed by atoms with Crippen molar-refractivity contribution < 1.29 is 4.79 Å². The molecule has 0 unspecified atom stereocenters. The number of fused-ring (bicyclic) bond motifs is 1. The lowest BCUT2D eigenvalue weighted by Crippen LogP contribution is -2.12. The standard InChI is InChI=1S/C10H7NO2/c12-7-8-5-9-3-1-2-4-11(9)10(13)6-8/h1-7H. The van der Waals surface area contributed by atoms with Gasteiger partial charge in [-0.1, -0.05) is 6.07 Å². The van der Waals surface area contributed by atoms with Crippen LogP contribution in [0.3, 0.4) is 0 Å². The predicted octanol–water partition coefficient (Wildman–Crippen LogP) is 1.11. The Labute approximate surface area is 74.2 Å². The van der Waals surface area contributed by atoms with Gasteiger partial charge in [-0.15, -0.1) is 0 Å². The number of nitrogens with zero attached hydrogens (tertiary/aromatic N) is 1. The van der Waals surface area contributed by atoms with Gasteiger partial charge >= 0.3 is 0 Å². The molecule has 0 amide bonds. The van der Waals surface area contributed by atoms with Gasteiger partial charge in [0, 0.05) is 23.3 Å². The van der Waals surface area contributed by atoms with Crippen molar-refractivity contribution in [2.75, 3.05) is 0 Å². The number of hydrogen-bond donors (Lipinski definition) is 0. The van der Waals surface area contributed by atoms with E-state index >= 15 is 0 Å². The van der Waals surface area contributed by atoms with E-state index in [0.29, 0.717) is 11.8 Å². The van der Waals surface area contributed by atoms with Crippen LogP contribution < -0.4 is 5.56 Å². The molecule has 2 rings (SSSR count). The summed E-state index contributed by atoms with van der Waals surface area (Å²) < 4.78 is 1.49. The third-order valence-corrected chi connectivity index (χ3v) is 1.87. The second kappa shape index (κ2) is 2.86. The fourth-order valence-electron chi connectivity index (χ4n) is 1.27. The Morgan fingerprint density at radius 2 is 2.08 bits per heavy atom. The molecule has 0 aliphatic rings. The summed E-state index contributed by atoms with van der Waals surface area (Å²) in [5, 5.41) is 0. The average molecular weight is 173 g/mol. The minimum Gasteiger partial charge on any atom is -0.298 e. The first kappa shape index (κ1) is 7.73. The second-order valence-corrected chi connectivity index (χ2v) is 2.74. The van der Waals surface area contributed by atoms with E-state index in [0.717, 1.165) is 5.52 Å². The average Bonchev–Trinajstić information content (AvgIpc) is 2.18. The van der Waals surface area contributed by atoms with Crippen LogP contribution in [0.4, 0.5) is 0 Å². The van der Waals surface area contributed by atoms with E-state index in [-0.39, 0.29) is 5.56 Å². The van der Waals surface area contributed by atoms with Gasteiger partial charge in [0.2, 0.25) is 0 Å².